The van der Waals surface area contributed by atoms with Crippen molar-refractivity contribution in [1.29, 1.82) is 0 Å². The van der Waals surface area contributed by atoms with Gasteiger partial charge in [-0.1, -0.05) is 25.2 Å². The van der Waals surface area contributed by atoms with E-state index in [2.05, 4.69) is 4.40 Å². The van der Waals surface area contributed by atoms with E-state index in [9.17, 15) is 13.5 Å². The first-order chi connectivity index (χ1) is 7.44. The van der Waals surface area contributed by atoms with E-state index >= 15 is 0 Å². The van der Waals surface area contributed by atoms with Crippen LogP contribution in [0.3, 0.4) is 0 Å². The minimum absolute atomic E-state index is 0.100. The maximum absolute atomic E-state index is 11.5. The van der Waals surface area contributed by atoms with Gasteiger partial charge < -0.3 is 9.84 Å². The van der Waals surface area contributed by atoms with Crippen molar-refractivity contribution in [2.45, 2.75) is 6.92 Å². The molecule has 0 aromatic carbocycles. The fourth-order valence-electron chi connectivity index (χ4n) is 1.11. The largest absolute Gasteiger partial charge is 0.613 e. The summed E-state index contributed by atoms with van der Waals surface area (Å²) >= 11 is 0. The molecule has 0 saturated carbocycles. The van der Waals surface area contributed by atoms with Crippen molar-refractivity contribution in [3.8, 4) is 0 Å². The number of hydrogen-bond acceptors (Lipinski definition) is 4. The monoisotopic (exact) mass is 242 g/mol. The molecule has 0 saturated heterocycles. The molecule has 1 rings (SSSR count). The average molecular weight is 242 g/mol. The Morgan fingerprint density at radius 2 is 2.06 bits per heavy atom. The molecule has 0 spiro atoms. The molecule has 0 heterocycles. The lowest BCUT2D eigenvalue weighted by atomic mass is 10.1. The molecule has 0 atom stereocenters. The maximum Gasteiger partial charge on any atom is 0.250 e. The molecule has 1 aliphatic rings. The molecule has 0 aromatic rings. The second-order valence-electron chi connectivity index (χ2n) is 3.06. The van der Waals surface area contributed by atoms with E-state index < -0.39 is 16.0 Å². The molecule has 0 N–H and O–H groups in total. The van der Waals surface area contributed by atoms with Crippen molar-refractivity contribution in [3.05, 3.63) is 35.8 Å². The van der Waals surface area contributed by atoms with Gasteiger partial charge in [-0.2, -0.15) is 4.40 Å². The number of allylic oxidation sites excluding steroid dienone is 5. The lowest BCUT2D eigenvalue weighted by Crippen LogP contribution is -2.16. The van der Waals surface area contributed by atoms with Crippen molar-refractivity contribution < 1.29 is 18.3 Å². The summed E-state index contributed by atoms with van der Waals surface area (Å²) in [6.07, 6.45) is 7.12. The Labute approximate surface area is 94.5 Å². The molecule has 0 aromatic heterocycles. The Hall–Kier alpha value is -1.56. The second-order valence-corrected chi connectivity index (χ2v) is 4.71. The van der Waals surface area contributed by atoms with Crippen LogP contribution >= 0.6 is 0 Å². The van der Waals surface area contributed by atoms with E-state index in [-0.39, 0.29) is 17.9 Å². The molecule has 0 fully saturated rings. The van der Waals surface area contributed by atoms with Crippen LogP contribution in [-0.4, -0.2) is 27.0 Å². The molecule has 6 heteroatoms. The first-order valence-corrected chi connectivity index (χ1v) is 6.48. The Bertz CT molecular complexity index is 483. The molecule has 0 bridgehead atoms. The summed E-state index contributed by atoms with van der Waals surface area (Å²) in [5.74, 6) is -0.578. The van der Waals surface area contributed by atoms with Crippen molar-refractivity contribution in [2.75, 3.05) is 12.9 Å². The highest BCUT2D eigenvalue weighted by molar-refractivity contribution is 7.89. The Balaban J connectivity index is 3.18. The summed E-state index contributed by atoms with van der Waals surface area (Å²) in [4.78, 5) is 0. The smallest absolute Gasteiger partial charge is 0.250 e. The number of nitrogens with zero attached hydrogens (tertiary/aromatic N) is 1. The van der Waals surface area contributed by atoms with Crippen LogP contribution in [0.4, 0.5) is 0 Å². The first kappa shape index (κ1) is 12.5. The summed E-state index contributed by atoms with van der Waals surface area (Å²) < 4.78 is 30.3. The topological polar surface area (TPSA) is 78.8 Å². The van der Waals surface area contributed by atoms with Crippen LogP contribution in [0.25, 0.3) is 0 Å². The number of rotatable bonds is 3. The highest BCUT2D eigenvalue weighted by atomic mass is 32.2. The van der Waals surface area contributed by atoms with Gasteiger partial charge in [0.25, 0.3) is 10.0 Å². The number of hydrogen-bond donors (Lipinski definition) is 0. The van der Waals surface area contributed by atoms with E-state index in [1.165, 1.54) is 12.2 Å². The molecule has 0 unspecified atom stereocenters. The Kier molecular flexibility index (Phi) is 3.89. The van der Waals surface area contributed by atoms with E-state index in [1.54, 1.807) is 19.1 Å². The van der Waals surface area contributed by atoms with E-state index in [0.29, 0.717) is 0 Å². The van der Waals surface area contributed by atoms with Crippen molar-refractivity contribution in [2.24, 2.45) is 4.40 Å². The van der Waals surface area contributed by atoms with Gasteiger partial charge in [-0.15, -0.1) is 0 Å². The number of ether oxygens (including phenoxy) is 1. The first-order valence-electron chi connectivity index (χ1n) is 4.63. The zero-order valence-electron chi connectivity index (χ0n) is 9.00. The van der Waals surface area contributed by atoms with Gasteiger partial charge in [0, 0.05) is 5.57 Å². The highest BCUT2D eigenvalue weighted by Gasteiger charge is 2.09. The maximum atomic E-state index is 11.5. The van der Waals surface area contributed by atoms with E-state index in [4.69, 9.17) is 4.74 Å². The summed E-state index contributed by atoms with van der Waals surface area (Å²) in [7, 11) is -3.53. The van der Waals surface area contributed by atoms with Crippen LogP contribution in [0, 0.1) is 0 Å². The van der Waals surface area contributed by atoms with Crippen LogP contribution in [-0.2, 0) is 14.8 Å². The van der Waals surface area contributed by atoms with Crippen LogP contribution < -0.4 is 5.11 Å². The Morgan fingerprint density at radius 1 is 1.44 bits per heavy atom. The van der Waals surface area contributed by atoms with Crippen LogP contribution in [0.1, 0.15) is 6.92 Å². The van der Waals surface area contributed by atoms with Gasteiger partial charge in [0.05, 0.1) is 17.9 Å². The molecule has 0 radical (unpaired) electrons. The Morgan fingerprint density at radius 3 is 2.62 bits per heavy atom. The average Bonchev–Trinajstić information content (AvgIpc) is 2.16. The predicted octanol–water partition coefficient (Wildman–Crippen LogP) is 0.121. The third kappa shape index (κ3) is 3.54. The second kappa shape index (κ2) is 4.98. The van der Waals surface area contributed by atoms with Crippen molar-refractivity contribution in [3.63, 3.8) is 0 Å². The molecule has 1 aliphatic carbocycles. The summed E-state index contributed by atoms with van der Waals surface area (Å²) in [6, 6.07) is 0. The summed E-state index contributed by atoms with van der Waals surface area (Å²) in [5.41, 5.74) is 0.248. The minimum atomic E-state index is -3.53. The predicted molar refractivity (Wildman–Crippen MR) is 59.2 cm³/mol. The minimum Gasteiger partial charge on any atom is -0.613 e. The van der Waals surface area contributed by atoms with Gasteiger partial charge in [-0.05, 0) is 12.7 Å². The number of sulfonamides is 1. The zero-order chi connectivity index (χ0) is 12.2. The fraction of sp³-hybridized carbons (Fsp3) is 0.300. The third-order valence-corrected chi connectivity index (χ3v) is 2.19. The normalized spacial score (nSPS) is 21.2. The SMILES string of the molecule is CCOC([O-])=C1C=CC=CC1=NS(C)(=O)=O. The third-order valence-electron chi connectivity index (χ3n) is 1.66. The zero-order valence-corrected chi connectivity index (χ0v) is 9.82. The van der Waals surface area contributed by atoms with Crippen molar-refractivity contribution >= 4 is 15.7 Å². The van der Waals surface area contributed by atoms with Crippen LogP contribution in [0.5, 0.6) is 0 Å². The van der Waals surface area contributed by atoms with Crippen LogP contribution in [0.2, 0.25) is 0 Å². The molecule has 88 valence electrons. The standard InChI is InChI=1S/C10H13NO4S/c1-3-15-10(12)8-6-4-5-7-9(8)11-16(2,13)14/h4-7,12H,3H2,1-2H3/p-1. The highest BCUT2D eigenvalue weighted by Crippen LogP contribution is 2.12. The molecule has 16 heavy (non-hydrogen) atoms. The summed E-state index contributed by atoms with van der Waals surface area (Å²) in [6.45, 7) is 1.90. The van der Waals surface area contributed by atoms with E-state index in [1.807, 2.05) is 0 Å². The molecule has 5 nitrogen and oxygen atoms in total. The van der Waals surface area contributed by atoms with Gasteiger partial charge in [-0.25, -0.2) is 8.42 Å². The van der Waals surface area contributed by atoms with Gasteiger partial charge in [0.2, 0.25) is 0 Å². The van der Waals surface area contributed by atoms with Gasteiger partial charge >= 0.3 is 0 Å². The van der Waals surface area contributed by atoms with Crippen LogP contribution in [0.15, 0.2) is 40.2 Å². The molecule has 0 amide bonds. The van der Waals surface area contributed by atoms with E-state index in [0.717, 1.165) is 6.26 Å². The lowest BCUT2D eigenvalue weighted by molar-refractivity contribution is -0.357. The van der Waals surface area contributed by atoms with Gasteiger partial charge in [0.1, 0.15) is 0 Å². The van der Waals surface area contributed by atoms with Crippen molar-refractivity contribution in [1.82, 2.24) is 0 Å². The molecule has 0 aliphatic heterocycles. The molecular weight excluding hydrogens is 230 g/mol. The molecular formula is C10H12NO4S-. The quantitative estimate of drug-likeness (QED) is 0.658. The van der Waals surface area contributed by atoms with Gasteiger partial charge in [0.15, 0.2) is 0 Å². The fourth-order valence-corrected chi connectivity index (χ4v) is 1.63. The summed E-state index contributed by atoms with van der Waals surface area (Å²) in [5, 5.41) is 11.5. The lowest BCUT2D eigenvalue weighted by Gasteiger charge is -2.18. The van der Waals surface area contributed by atoms with Gasteiger partial charge in [-0.3, -0.25) is 0 Å².